The predicted molar refractivity (Wildman–Crippen MR) is 43.6 cm³/mol. The second-order valence-corrected chi connectivity index (χ2v) is 2.68. The summed E-state index contributed by atoms with van der Waals surface area (Å²) in [5.41, 5.74) is 0. The highest BCUT2D eigenvalue weighted by atomic mass is 15.3. The van der Waals surface area contributed by atoms with E-state index in [1.807, 2.05) is 6.20 Å². The average molecular weight is 140 g/mol. The third-order valence-electron chi connectivity index (χ3n) is 1.95. The Balaban J connectivity index is 2.34. The van der Waals surface area contributed by atoms with E-state index in [1.54, 1.807) is 0 Å². The molecule has 0 bridgehead atoms. The molecular weight excluding hydrogens is 124 g/mol. The Morgan fingerprint density at radius 2 is 2.60 bits per heavy atom. The lowest BCUT2D eigenvalue weighted by Gasteiger charge is -2.20. The van der Waals surface area contributed by atoms with Crippen LogP contribution in [-0.2, 0) is 0 Å². The molecule has 1 N–H and O–H groups in total. The molecule has 1 heterocycles. The van der Waals surface area contributed by atoms with Crippen molar-refractivity contribution in [1.82, 2.24) is 10.2 Å². The van der Waals surface area contributed by atoms with E-state index in [0.29, 0.717) is 6.17 Å². The van der Waals surface area contributed by atoms with Crippen LogP contribution in [0.1, 0.15) is 19.8 Å². The highest BCUT2D eigenvalue weighted by Crippen LogP contribution is 2.08. The standard InChI is InChI=1S/C8H16N2/c1-3-5-8-9-6-7-10(8)4-2/h4,8-9H,2-3,5-7H2,1H3. The molecule has 0 aromatic heterocycles. The Kier molecular flexibility index (Phi) is 2.75. The van der Waals surface area contributed by atoms with Crippen LogP contribution in [0.25, 0.3) is 0 Å². The summed E-state index contributed by atoms with van der Waals surface area (Å²) in [4.78, 5) is 2.27. The van der Waals surface area contributed by atoms with Gasteiger partial charge in [0, 0.05) is 13.1 Å². The summed E-state index contributed by atoms with van der Waals surface area (Å²) in [5, 5.41) is 3.41. The van der Waals surface area contributed by atoms with Gasteiger partial charge in [-0.1, -0.05) is 19.9 Å². The molecule has 1 atom stereocenters. The zero-order valence-corrected chi connectivity index (χ0v) is 6.64. The van der Waals surface area contributed by atoms with E-state index in [-0.39, 0.29) is 0 Å². The van der Waals surface area contributed by atoms with Gasteiger partial charge in [0.25, 0.3) is 0 Å². The fourth-order valence-corrected chi connectivity index (χ4v) is 1.39. The molecule has 1 aliphatic heterocycles. The van der Waals surface area contributed by atoms with E-state index < -0.39 is 0 Å². The van der Waals surface area contributed by atoms with Crippen LogP contribution < -0.4 is 5.32 Å². The second-order valence-electron chi connectivity index (χ2n) is 2.68. The Morgan fingerprint density at radius 3 is 3.20 bits per heavy atom. The van der Waals surface area contributed by atoms with Crippen LogP contribution in [0, 0.1) is 0 Å². The van der Waals surface area contributed by atoms with E-state index in [4.69, 9.17) is 0 Å². The Labute approximate surface area is 62.9 Å². The third-order valence-corrected chi connectivity index (χ3v) is 1.95. The fraction of sp³-hybridized carbons (Fsp3) is 0.750. The largest absolute Gasteiger partial charge is 0.361 e. The lowest BCUT2D eigenvalue weighted by Crippen LogP contribution is -2.31. The number of hydrogen-bond acceptors (Lipinski definition) is 2. The van der Waals surface area contributed by atoms with Crippen LogP contribution in [0.15, 0.2) is 12.8 Å². The number of rotatable bonds is 3. The molecule has 0 aliphatic carbocycles. The molecule has 0 amide bonds. The van der Waals surface area contributed by atoms with E-state index >= 15 is 0 Å². The van der Waals surface area contributed by atoms with Crippen molar-refractivity contribution in [2.75, 3.05) is 13.1 Å². The van der Waals surface area contributed by atoms with Gasteiger partial charge in [0.15, 0.2) is 0 Å². The molecule has 0 saturated carbocycles. The van der Waals surface area contributed by atoms with Gasteiger partial charge in [-0.05, 0) is 12.6 Å². The Bertz CT molecular complexity index is 112. The summed E-state index contributed by atoms with van der Waals surface area (Å²) in [5.74, 6) is 0. The maximum atomic E-state index is 3.76. The van der Waals surface area contributed by atoms with E-state index in [9.17, 15) is 0 Å². The first kappa shape index (κ1) is 7.61. The third kappa shape index (κ3) is 1.51. The molecule has 2 heteroatoms. The summed E-state index contributed by atoms with van der Waals surface area (Å²) in [6.07, 6.45) is 4.96. The van der Waals surface area contributed by atoms with Crippen molar-refractivity contribution in [3.63, 3.8) is 0 Å². The van der Waals surface area contributed by atoms with Crippen LogP contribution >= 0.6 is 0 Å². The SMILES string of the molecule is C=CN1CCNC1CCC. The molecule has 1 fully saturated rings. The van der Waals surface area contributed by atoms with Crippen LogP contribution in [0.4, 0.5) is 0 Å². The number of hydrogen-bond donors (Lipinski definition) is 1. The molecular formula is C8H16N2. The Morgan fingerprint density at radius 1 is 1.80 bits per heavy atom. The predicted octanol–water partition coefficient (Wildman–Crippen LogP) is 1.16. The first-order valence-corrected chi connectivity index (χ1v) is 4.00. The zero-order chi connectivity index (χ0) is 7.40. The summed E-state index contributed by atoms with van der Waals surface area (Å²) >= 11 is 0. The fourth-order valence-electron chi connectivity index (χ4n) is 1.39. The van der Waals surface area contributed by atoms with Gasteiger partial charge in [0.2, 0.25) is 0 Å². The highest BCUT2D eigenvalue weighted by molar-refractivity contribution is 4.84. The van der Waals surface area contributed by atoms with Crippen LogP contribution in [0.3, 0.4) is 0 Å². The minimum absolute atomic E-state index is 0.558. The van der Waals surface area contributed by atoms with Gasteiger partial charge in [-0.3, -0.25) is 5.32 Å². The maximum Gasteiger partial charge on any atom is 0.0791 e. The Hall–Kier alpha value is -0.500. The smallest absolute Gasteiger partial charge is 0.0791 e. The molecule has 2 nitrogen and oxygen atoms in total. The van der Waals surface area contributed by atoms with Crippen LogP contribution in [0.5, 0.6) is 0 Å². The van der Waals surface area contributed by atoms with Gasteiger partial charge >= 0.3 is 0 Å². The minimum atomic E-state index is 0.558. The summed E-state index contributed by atoms with van der Waals surface area (Å²) < 4.78 is 0. The second kappa shape index (κ2) is 3.62. The summed E-state index contributed by atoms with van der Waals surface area (Å²) in [7, 11) is 0. The summed E-state index contributed by atoms with van der Waals surface area (Å²) in [6, 6.07) is 0. The minimum Gasteiger partial charge on any atom is -0.361 e. The van der Waals surface area contributed by atoms with Crippen molar-refractivity contribution in [2.45, 2.75) is 25.9 Å². The summed E-state index contributed by atoms with van der Waals surface area (Å²) in [6.45, 7) is 8.20. The van der Waals surface area contributed by atoms with Crippen molar-refractivity contribution in [3.05, 3.63) is 12.8 Å². The first-order chi connectivity index (χ1) is 4.88. The van der Waals surface area contributed by atoms with Crippen molar-refractivity contribution in [2.24, 2.45) is 0 Å². The number of nitrogens with one attached hydrogen (secondary N) is 1. The molecule has 1 unspecified atom stereocenters. The normalized spacial score (nSPS) is 25.3. The number of nitrogens with zero attached hydrogens (tertiary/aromatic N) is 1. The molecule has 1 aliphatic rings. The van der Waals surface area contributed by atoms with Crippen LogP contribution in [-0.4, -0.2) is 24.2 Å². The van der Waals surface area contributed by atoms with Gasteiger partial charge in [-0.15, -0.1) is 0 Å². The van der Waals surface area contributed by atoms with E-state index in [2.05, 4.69) is 23.7 Å². The van der Waals surface area contributed by atoms with E-state index in [0.717, 1.165) is 13.1 Å². The van der Waals surface area contributed by atoms with Gasteiger partial charge in [-0.25, -0.2) is 0 Å². The molecule has 1 saturated heterocycles. The van der Waals surface area contributed by atoms with Gasteiger partial charge < -0.3 is 4.90 Å². The molecule has 10 heavy (non-hydrogen) atoms. The molecule has 1 rings (SSSR count). The molecule has 0 aromatic carbocycles. The first-order valence-electron chi connectivity index (χ1n) is 4.00. The quantitative estimate of drug-likeness (QED) is 0.633. The lowest BCUT2D eigenvalue weighted by molar-refractivity contribution is 0.312. The monoisotopic (exact) mass is 140 g/mol. The maximum absolute atomic E-state index is 3.76. The van der Waals surface area contributed by atoms with Crippen molar-refractivity contribution in [1.29, 1.82) is 0 Å². The van der Waals surface area contributed by atoms with Gasteiger partial charge in [0.1, 0.15) is 0 Å². The van der Waals surface area contributed by atoms with Crippen molar-refractivity contribution >= 4 is 0 Å². The van der Waals surface area contributed by atoms with Crippen LogP contribution in [0.2, 0.25) is 0 Å². The molecule has 0 spiro atoms. The van der Waals surface area contributed by atoms with Gasteiger partial charge in [-0.2, -0.15) is 0 Å². The lowest BCUT2D eigenvalue weighted by atomic mass is 10.3. The van der Waals surface area contributed by atoms with Gasteiger partial charge in [0.05, 0.1) is 6.17 Å². The average Bonchev–Trinajstić information content (AvgIpc) is 2.36. The molecule has 58 valence electrons. The molecule has 0 radical (unpaired) electrons. The van der Waals surface area contributed by atoms with E-state index in [1.165, 1.54) is 12.8 Å². The highest BCUT2D eigenvalue weighted by Gasteiger charge is 2.18. The van der Waals surface area contributed by atoms with Crippen molar-refractivity contribution in [3.8, 4) is 0 Å². The topological polar surface area (TPSA) is 15.3 Å². The molecule has 0 aromatic rings. The van der Waals surface area contributed by atoms with Crippen molar-refractivity contribution < 1.29 is 0 Å². The zero-order valence-electron chi connectivity index (χ0n) is 6.64.